The van der Waals surface area contributed by atoms with E-state index in [0.29, 0.717) is 0 Å². The van der Waals surface area contributed by atoms with Crippen molar-refractivity contribution in [2.45, 2.75) is 53.9 Å². The quantitative estimate of drug-likeness (QED) is 0.651. The van der Waals surface area contributed by atoms with Crippen molar-refractivity contribution in [2.75, 3.05) is 13.1 Å². The predicted molar refractivity (Wildman–Crippen MR) is 79.6 cm³/mol. The van der Waals surface area contributed by atoms with Crippen LogP contribution in [0.1, 0.15) is 53.9 Å². The SMILES string of the molecule is CC1=C(Cl)/C(=C/N2CCCC2)C(C)(C)CC1(C)C. The Bertz CT molecular complexity index is 395. The first kappa shape index (κ1) is 14.0. The number of halogens is 1. The molecule has 1 aliphatic heterocycles. The van der Waals surface area contributed by atoms with E-state index in [2.05, 4.69) is 45.7 Å². The zero-order valence-electron chi connectivity index (χ0n) is 12.4. The molecule has 0 aromatic heterocycles. The van der Waals surface area contributed by atoms with E-state index in [1.54, 1.807) is 0 Å². The summed E-state index contributed by atoms with van der Waals surface area (Å²) in [6, 6.07) is 0. The van der Waals surface area contributed by atoms with E-state index in [1.807, 2.05) is 0 Å². The smallest absolute Gasteiger partial charge is 0.0452 e. The molecule has 1 aliphatic carbocycles. The lowest BCUT2D eigenvalue weighted by atomic mass is 9.63. The second kappa shape index (κ2) is 4.59. The Morgan fingerprint density at radius 1 is 1.06 bits per heavy atom. The Kier molecular flexibility index (Phi) is 3.57. The van der Waals surface area contributed by atoms with Gasteiger partial charge in [-0.25, -0.2) is 0 Å². The molecule has 102 valence electrons. The van der Waals surface area contributed by atoms with Gasteiger partial charge >= 0.3 is 0 Å². The molecule has 2 heteroatoms. The minimum absolute atomic E-state index is 0.169. The summed E-state index contributed by atoms with van der Waals surface area (Å²) in [4.78, 5) is 2.44. The molecule has 0 N–H and O–H groups in total. The van der Waals surface area contributed by atoms with Crippen LogP contribution < -0.4 is 0 Å². The summed E-state index contributed by atoms with van der Waals surface area (Å²) >= 11 is 6.67. The van der Waals surface area contributed by atoms with Crippen LogP contribution in [0.15, 0.2) is 22.4 Å². The zero-order valence-corrected chi connectivity index (χ0v) is 13.2. The summed E-state index contributed by atoms with van der Waals surface area (Å²) in [5.41, 5.74) is 3.06. The highest BCUT2D eigenvalue weighted by atomic mass is 35.5. The molecule has 1 heterocycles. The van der Waals surface area contributed by atoms with Crippen molar-refractivity contribution in [2.24, 2.45) is 10.8 Å². The second-order valence-electron chi connectivity index (χ2n) is 7.17. The molecule has 0 atom stereocenters. The lowest BCUT2D eigenvalue weighted by Gasteiger charge is -2.43. The van der Waals surface area contributed by atoms with Crippen molar-refractivity contribution in [3.63, 3.8) is 0 Å². The normalized spacial score (nSPS) is 29.2. The minimum atomic E-state index is 0.169. The van der Waals surface area contributed by atoms with E-state index in [1.165, 1.54) is 43.5 Å². The van der Waals surface area contributed by atoms with E-state index >= 15 is 0 Å². The average molecular weight is 268 g/mol. The standard InChI is InChI=1S/C16H26ClN/c1-12-14(17)13(10-18-8-6-7-9-18)16(4,5)11-15(12,2)3/h10H,6-9,11H2,1-5H3/b13-10-. The molecular formula is C16H26ClN. The maximum absolute atomic E-state index is 6.67. The lowest BCUT2D eigenvalue weighted by molar-refractivity contribution is 0.250. The van der Waals surface area contributed by atoms with Crippen LogP contribution in [0.2, 0.25) is 0 Å². The molecule has 1 nitrogen and oxygen atoms in total. The lowest BCUT2D eigenvalue weighted by Crippen LogP contribution is -2.32. The third-order valence-electron chi connectivity index (χ3n) is 4.65. The van der Waals surface area contributed by atoms with Crippen molar-refractivity contribution in [3.05, 3.63) is 22.4 Å². The minimum Gasteiger partial charge on any atom is -0.377 e. The van der Waals surface area contributed by atoms with Crippen LogP contribution in [0.5, 0.6) is 0 Å². The average Bonchev–Trinajstić information content (AvgIpc) is 2.73. The monoisotopic (exact) mass is 267 g/mol. The van der Waals surface area contributed by atoms with Gasteiger partial charge in [0.25, 0.3) is 0 Å². The fourth-order valence-corrected chi connectivity index (χ4v) is 3.97. The first-order chi connectivity index (χ1) is 8.24. The fraction of sp³-hybridized carbons (Fsp3) is 0.750. The van der Waals surface area contributed by atoms with Gasteiger partial charge in [-0.05, 0) is 48.2 Å². The van der Waals surface area contributed by atoms with Crippen LogP contribution in [-0.2, 0) is 0 Å². The van der Waals surface area contributed by atoms with Gasteiger partial charge in [-0.2, -0.15) is 0 Å². The number of hydrogen-bond donors (Lipinski definition) is 0. The number of hydrogen-bond acceptors (Lipinski definition) is 1. The molecule has 18 heavy (non-hydrogen) atoms. The Balaban J connectivity index is 2.41. The van der Waals surface area contributed by atoms with Crippen molar-refractivity contribution in [1.29, 1.82) is 0 Å². The van der Waals surface area contributed by atoms with E-state index in [-0.39, 0.29) is 10.8 Å². The Labute approximate surface area is 117 Å². The summed E-state index contributed by atoms with van der Waals surface area (Å²) in [6.07, 6.45) is 6.13. The number of rotatable bonds is 1. The summed E-state index contributed by atoms with van der Waals surface area (Å²) in [6.45, 7) is 13.8. The summed E-state index contributed by atoms with van der Waals surface area (Å²) < 4.78 is 0. The molecule has 0 unspecified atom stereocenters. The molecule has 2 rings (SSSR count). The number of allylic oxidation sites excluding steroid dienone is 3. The van der Waals surface area contributed by atoms with Crippen LogP contribution in [-0.4, -0.2) is 18.0 Å². The maximum Gasteiger partial charge on any atom is 0.0452 e. The predicted octanol–water partition coefficient (Wildman–Crippen LogP) is 4.94. The van der Waals surface area contributed by atoms with E-state index in [9.17, 15) is 0 Å². The Morgan fingerprint density at radius 2 is 1.61 bits per heavy atom. The first-order valence-electron chi connectivity index (χ1n) is 7.08. The maximum atomic E-state index is 6.67. The molecular weight excluding hydrogens is 242 g/mol. The van der Waals surface area contributed by atoms with E-state index in [0.717, 1.165) is 5.03 Å². The van der Waals surface area contributed by atoms with Crippen LogP contribution in [0, 0.1) is 10.8 Å². The van der Waals surface area contributed by atoms with Crippen molar-refractivity contribution >= 4 is 11.6 Å². The van der Waals surface area contributed by atoms with Gasteiger partial charge in [0.1, 0.15) is 0 Å². The van der Waals surface area contributed by atoms with Gasteiger partial charge < -0.3 is 4.90 Å². The molecule has 0 saturated carbocycles. The molecule has 1 fully saturated rings. The van der Waals surface area contributed by atoms with Crippen molar-refractivity contribution < 1.29 is 0 Å². The van der Waals surface area contributed by atoms with Crippen molar-refractivity contribution in [3.8, 4) is 0 Å². The second-order valence-corrected chi connectivity index (χ2v) is 7.55. The van der Waals surface area contributed by atoms with Gasteiger partial charge in [-0.3, -0.25) is 0 Å². The van der Waals surface area contributed by atoms with Gasteiger partial charge in [-0.1, -0.05) is 39.3 Å². The number of likely N-dealkylation sites (tertiary alicyclic amines) is 1. The summed E-state index contributed by atoms with van der Waals surface area (Å²) in [5, 5.41) is 1.00. The zero-order chi connectivity index (χ0) is 13.6. The topological polar surface area (TPSA) is 3.24 Å². The van der Waals surface area contributed by atoms with Crippen LogP contribution in [0.3, 0.4) is 0 Å². The third-order valence-corrected chi connectivity index (χ3v) is 5.13. The first-order valence-corrected chi connectivity index (χ1v) is 7.45. The molecule has 0 aromatic rings. The number of nitrogens with zero attached hydrogens (tertiary/aromatic N) is 1. The highest BCUT2D eigenvalue weighted by molar-refractivity contribution is 6.32. The molecule has 0 spiro atoms. The Morgan fingerprint density at radius 3 is 2.17 bits per heavy atom. The molecule has 0 radical (unpaired) electrons. The van der Waals surface area contributed by atoms with Crippen LogP contribution >= 0.6 is 11.6 Å². The molecule has 0 bridgehead atoms. The third kappa shape index (κ3) is 2.47. The van der Waals surface area contributed by atoms with Gasteiger partial charge in [-0.15, -0.1) is 0 Å². The molecule has 1 saturated heterocycles. The van der Waals surface area contributed by atoms with E-state index in [4.69, 9.17) is 11.6 Å². The molecule has 2 aliphatic rings. The highest BCUT2D eigenvalue weighted by Crippen LogP contribution is 2.53. The van der Waals surface area contributed by atoms with Gasteiger partial charge in [0.05, 0.1) is 0 Å². The highest BCUT2D eigenvalue weighted by Gasteiger charge is 2.40. The van der Waals surface area contributed by atoms with Gasteiger partial charge in [0.2, 0.25) is 0 Å². The molecule has 0 amide bonds. The summed E-state index contributed by atoms with van der Waals surface area (Å²) in [5.74, 6) is 0. The van der Waals surface area contributed by atoms with Crippen LogP contribution in [0.4, 0.5) is 0 Å². The van der Waals surface area contributed by atoms with Gasteiger partial charge in [0.15, 0.2) is 0 Å². The largest absolute Gasteiger partial charge is 0.377 e. The van der Waals surface area contributed by atoms with E-state index < -0.39 is 0 Å². The Hall–Kier alpha value is -0.430. The summed E-state index contributed by atoms with van der Waals surface area (Å²) in [7, 11) is 0. The molecule has 0 aromatic carbocycles. The van der Waals surface area contributed by atoms with Crippen molar-refractivity contribution in [1.82, 2.24) is 4.90 Å². The van der Waals surface area contributed by atoms with Crippen LogP contribution in [0.25, 0.3) is 0 Å². The fourth-order valence-electron chi connectivity index (χ4n) is 3.41. The van der Waals surface area contributed by atoms with Gasteiger partial charge in [0, 0.05) is 24.3 Å².